The Morgan fingerprint density at radius 2 is 1.97 bits per heavy atom. The first-order valence-corrected chi connectivity index (χ1v) is 12.2. The van der Waals surface area contributed by atoms with Gasteiger partial charge in [0.05, 0.1) is 21.8 Å². The van der Waals surface area contributed by atoms with Gasteiger partial charge in [0.25, 0.3) is 15.9 Å². The van der Waals surface area contributed by atoms with Gasteiger partial charge < -0.3 is 4.74 Å². The Morgan fingerprint density at radius 3 is 2.64 bits per heavy atom. The number of hydrogen-bond acceptors (Lipinski definition) is 9. The monoisotopic (exact) mass is 559 g/mol. The maximum atomic E-state index is 12.8. The summed E-state index contributed by atoms with van der Waals surface area (Å²) in [5.41, 5.74) is 0.546. The fraction of sp³-hybridized carbons (Fsp3) is 0.150. The number of thiazole rings is 1. The lowest BCUT2D eigenvalue weighted by atomic mass is 10.2. The number of anilines is 2. The van der Waals surface area contributed by atoms with Gasteiger partial charge in [-0.1, -0.05) is 35.1 Å². The third kappa shape index (κ3) is 6.27. The van der Waals surface area contributed by atoms with Crippen LogP contribution in [0.15, 0.2) is 41.4 Å². The van der Waals surface area contributed by atoms with E-state index in [1.807, 2.05) is 0 Å². The zero-order valence-electron chi connectivity index (χ0n) is 17.9. The van der Waals surface area contributed by atoms with Gasteiger partial charge in [-0.05, 0) is 25.1 Å². The van der Waals surface area contributed by atoms with Gasteiger partial charge >= 0.3 is 12.1 Å². The molecule has 0 saturated heterocycles. The molecule has 0 unspecified atom stereocenters. The number of amides is 1. The number of esters is 1. The van der Waals surface area contributed by atoms with Crippen LogP contribution in [-0.2, 0) is 24.3 Å². The average molecular weight is 560 g/mol. The van der Waals surface area contributed by atoms with Gasteiger partial charge in [0.1, 0.15) is 11.0 Å². The predicted octanol–water partition coefficient (Wildman–Crippen LogP) is 3.88. The smallest absolute Gasteiger partial charge is 0.449 e. The van der Waals surface area contributed by atoms with Crippen molar-refractivity contribution in [3.8, 4) is 16.5 Å². The first-order valence-electron chi connectivity index (χ1n) is 9.51. The lowest BCUT2D eigenvalue weighted by Gasteiger charge is -2.11. The van der Waals surface area contributed by atoms with Crippen LogP contribution < -0.4 is 10.0 Å². The lowest BCUT2D eigenvalue weighted by Crippen LogP contribution is -2.29. The lowest BCUT2D eigenvalue weighted by molar-refractivity contribution is -0.199. The van der Waals surface area contributed by atoms with Crippen molar-refractivity contribution < 1.29 is 35.9 Å². The molecule has 3 aromatic rings. The van der Waals surface area contributed by atoms with Gasteiger partial charge in [0.15, 0.2) is 16.9 Å². The Bertz CT molecular complexity index is 1490. The van der Waals surface area contributed by atoms with Crippen molar-refractivity contribution in [3.63, 3.8) is 0 Å². The summed E-state index contributed by atoms with van der Waals surface area (Å²) in [6.45, 7) is 0.387. The number of alkyl halides is 3. The number of nitrogens with one attached hydrogen (secondary N) is 2. The molecule has 0 radical (unpaired) electrons. The fourth-order valence-electron chi connectivity index (χ4n) is 2.72. The van der Waals surface area contributed by atoms with Crippen LogP contribution >= 0.6 is 22.9 Å². The minimum Gasteiger partial charge on any atom is -0.449 e. The van der Waals surface area contributed by atoms with Gasteiger partial charge in [-0.15, -0.1) is 0 Å². The number of carbonyl (C=O) groups excluding carboxylic acids is 2. The number of nitriles is 1. The number of benzene rings is 1. The number of aromatic nitrogens is 2. The number of nitrogens with zero attached hydrogens (tertiary/aromatic N) is 3. The number of ether oxygens (including phenoxy) is 1. The third-order valence-electron chi connectivity index (χ3n) is 4.25. The molecule has 1 amide bonds. The van der Waals surface area contributed by atoms with E-state index in [4.69, 9.17) is 11.6 Å². The highest BCUT2D eigenvalue weighted by atomic mass is 35.5. The van der Waals surface area contributed by atoms with Gasteiger partial charge in [0, 0.05) is 11.8 Å². The molecule has 0 aliphatic carbocycles. The summed E-state index contributed by atoms with van der Waals surface area (Å²) >= 11 is 6.97. The molecule has 0 fully saturated rings. The number of rotatable bonds is 7. The quantitative estimate of drug-likeness (QED) is 0.327. The van der Waals surface area contributed by atoms with E-state index < -0.39 is 34.7 Å². The summed E-state index contributed by atoms with van der Waals surface area (Å²) < 4.78 is 68.4. The van der Waals surface area contributed by atoms with E-state index in [1.165, 1.54) is 36.5 Å². The molecule has 0 spiro atoms. The van der Waals surface area contributed by atoms with Crippen molar-refractivity contribution in [3.05, 3.63) is 52.9 Å². The van der Waals surface area contributed by atoms with Crippen LogP contribution in [0.3, 0.4) is 0 Å². The van der Waals surface area contributed by atoms with Crippen molar-refractivity contribution in [2.45, 2.75) is 18.0 Å². The number of sulfonamides is 1. The van der Waals surface area contributed by atoms with E-state index in [9.17, 15) is 36.4 Å². The van der Waals surface area contributed by atoms with Crippen LogP contribution in [0.5, 0.6) is 0 Å². The number of halogens is 4. The Balaban J connectivity index is 1.81. The molecule has 16 heteroatoms. The number of carbonyl (C=O) groups is 2. The van der Waals surface area contributed by atoms with E-state index in [-0.39, 0.29) is 26.4 Å². The molecule has 0 saturated carbocycles. The maximum absolute atomic E-state index is 12.8. The molecule has 0 aliphatic heterocycles. The number of aryl methyl sites for hydroxylation is 1. The van der Waals surface area contributed by atoms with Crippen LogP contribution in [0.4, 0.5) is 24.0 Å². The first-order chi connectivity index (χ1) is 16.8. The minimum atomic E-state index is -5.23. The largest absolute Gasteiger partial charge is 0.490 e. The fourth-order valence-corrected chi connectivity index (χ4v) is 5.11. The van der Waals surface area contributed by atoms with E-state index in [0.29, 0.717) is 16.1 Å². The average Bonchev–Trinajstić information content (AvgIpc) is 3.17. The van der Waals surface area contributed by atoms with Crippen molar-refractivity contribution in [1.29, 1.82) is 5.26 Å². The zero-order chi connectivity index (χ0) is 26.7. The molecule has 2 aromatic heterocycles. The first kappa shape index (κ1) is 26.9. The Hall–Kier alpha value is -3.74. The van der Waals surface area contributed by atoms with E-state index in [0.717, 1.165) is 11.3 Å². The second-order valence-corrected chi connectivity index (χ2v) is 9.84. The van der Waals surface area contributed by atoms with E-state index in [1.54, 1.807) is 13.0 Å². The zero-order valence-corrected chi connectivity index (χ0v) is 20.3. The summed E-state index contributed by atoms with van der Waals surface area (Å²) in [5.74, 6) is -3.56. The highest BCUT2D eigenvalue weighted by Gasteiger charge is 2.41. The van der Waals surface area contributed by atoms with E-state index >= 15 is 0 Å². The summed E-state index contributed by atoms with van der Waals surface area (Å²) in [7, 11) is -4.21. The van der Waals surface area contributed by atoms with Crippen LogP contribution in [-0.4, -0.2) is 43.0 Å². The van der Waals surface area contributed by atoms with Crippen molar-refractivity contribution in [1.82, 2.24) is 9.97 Å². The molecule has 2 heterocycles. The second kappa shape index (κ2) is 10.5. The van der Waals surface area contributed by atoms with Crippen molar-refractivity contribution >= 4 is 55.7 Å². The molecular formula is C20H13ClF3N5O5S2. The topological polar surface area (TPSA) is 151 Å². The normalized spacial score (nSPS) is 11.4. The van der Waals surface area contributed by atoms with Crippen LogP contribution in [0.2, 0.25) is 5.15 Å². The maximum Gasteiger partial charge on any atom is 0.490 e. The highest BCUT2D eigenvalue weighted by Crippen LogP contribution is 2.35. The summed E-state index contributed by atoms with van der Waals surface area (Å²) in [4.78, 5) is 30.8. The van der Waals surface area contributed by atoms with E-state index in [2.05, 4.69) is 24.7 Å². The predicted molar refractivity (Wildman–Crippen MR) is 123 cm³/mol. The van der Waals surface area contributed by atoms with Crippen molar-refractivity contribution in [2.24, 2.45) is 0 Å². The van der Waals surface area contributed by atoms with Crippen LogP contribution in [0.25, 0.3) is 10.4 Å². The molecule has 188 valence electrons. The van der Waals surface area contributed by atoms with Gasteiger partial charge in [-0.2, -0.15) is 18.4 Å². The summed E-state index contributed by atoms with van der Waals surface area (Å²) in [6.07, 6.45) is -3.91. The molecule has 0 bridgehead atoms. The molecule has 0 atom stereocenters. The molecule has 36 heavy (non-hydrogen) atoms. The Labute approximate surface area is 210 Å². The van der Waals surface area contributed by atoms with Crippen LogP contribution in [0.1, 0.15) is 11.3 Å². The Kier molecular flexibility index (Phi) is 7.82. The SMILES string of the molecule is Cc1nc(NC(=O)COC(=O)C(F)(F)F)sc1-c1cnc(Cl)c(NS(=O)(=O)c2ccccc2C#N)c1. The van der Waals surface area contributed by atoms with Gasteiger partial charge in [-0.25, -0.2) is 23.2 Å². The minimum absolute atomic E-state index is 0.0180. The third-order valence-corrected chi connectivity index (χ3v) is 7.10. The number of hydrogen-bond donors (Lipinski definition) is 2. The molecular weight excluding hydrogens is 547 g/mol. The van der Waals surface area contributed by atoms with Crippen molar-refractivity contribution in [2.75, 3.05) is 16.6 Å². The molecule has 10 nitrogen and oxygen atoms in total. The Morgan fingerprint density at radius 1 is 1.28 bits per heavy atom. The molecule has 3 rings (SSSR count). The summed E-state index contributed by atoms with van der Waals surface area (Å²) in [6, 6.07) is 8.71. The van der Waals surface area contributed by atoms with Gasteiger partial charge in [-0.3, -0.25) is 14.8 Å². The molecule has 0 aliphatic rings. The number of pyridine rings is 1. The summed E-state index contributed by atoms with van der Waals surface area (Å²) in [5, 5.41) is 11.2. The standard InChI is InChI=1S/C20H13ClF3N5O5S2/c1-10-16(35-19(27-10)28-15(30)9-34-18(31)20(22,23)24)12-6-13(17(21)26-8-12)29-36(32,33)14-5-3-2-4-11(14)7-25/h2-6,8,29H,9H2,1H3,(H,27,28,30). The highest BCUT2D eigenvalue weighted by molar-refractivity contribution is 7.92. The molecule has 2 N–H and O–H groups in total. The van der Waals surface area contributed by atoms with Crippen LogP contribution in [0, 0.1) is 18.3 Å². The van der Waals surface area contributed by atoms with Gasteiger partial charge in [0.2, 0.25) is 0 Å². The second-order valence-electron chi connectivity index (χ2n) is 6.83. The molecule has 1 aromatic carbocycles.